The maximum absolute atomic E-state index is 12.1. The van der Waals surface area contributed by atoms with Crippen LogP contribution in [0.1, 0.15) is 18.7 Å². The summed E-state index contributed by atoms with van der Waals surface area (Å²) in [6.07, 6.45) is 1.03. The van der Waals surface area contributed by atoms with Gasteiger partial charge in [-0.1, -0.05) is 11.2 Å². The third-order valence-electron chi connectivity index (χ3n) is 4.53. The molecule has 0 saturated carbocycles. The number of ether oxygens (including phenoxy) is 3. The monoisotopic (exact) mass is 442 g/mol. The van der Waals surface area contributed by atoms with Gasteiger partial charge in [0, 0.05) is 36.2 Å². The van der Waals surface area contributed by atoms with Crippen LogP contribution in [0.4, 0.5) is 11.4 Å². The average Bonchev–Trinajstić information content (AvgIpc) is 3.27. The number of nitro benzene ring substituents is 1. The van der Waals surface area contributed by atoms with Crippen molar-refractivity contribution in [1.29, 1.82) is 0 Å². The fourth-order valence-electron chi connectivity index (χ4n) is 3.00. The quantitative estimate of drug-likeness (QED) is 0.368. The molecule has 32 heavy (non-hydrogen) atoms. The summed E-state index contributed by atoms with van der Waals surface area (Å²) in [6.45, 7) is 0. The van der Waals surface area contributed by atoms with Crippen molar-refractivity contribution in [2.24, 2.45) is 0 Å². The van der Waals surface area contributed by atoms with Crippen molar-refractivity contribution in [1.82, 2.24) is 10.1 Å². The van der Waals surface area contributed by atoms with Gasteiger partial charge in [0.05, 0.1) is 26.3 Å². The van der Waals surface area contributed by atoms with Gasteiger partial charge in [-0.15, -0.1) is 0 Å². The number of nitrogens with zero attached hydrogens (tertiary/aromatic N) is 3. The Balaban J connectivity index is 1.59. The minimum absolute atomic E-state index is 0.0898. The Morgan fingerprint density at radius 2 is 1.84 bits per heavy atom. The maximum Gasteiger partial charge on any atom is 0.271 e. The smallest absolute Gasteiger partial charge is 0.271 e. The lowest BCUT2D eigenvalue weighted by atomic mass is 10.1. The number of carbonyl (C=O) groups is 1. The molecule has 0 unspecified atom stereocenters. The highest BCUT2D eigenvalue weighted by Gasteiger charge is 2.17. The van der Waals surface area contributed by atoms with Crippen LogP contribution in [0.3, 0.4) is 0 Å². The summed E-state index contributed by atoms with van der Waals surface area (Å²) in [5, 5.41) is 17.4. The van der Waals surface area contributed by atoms with Gasteiger partial charge in [-0.05, 0) is 24.6 Å². The van der Waals surface area contributed by atoms with Crippen molar-refractivity contribution >= 4 is 17.3 Å². The molecule has 0 radical (unpaired) electrons. The topological polar surface area (TPSA) is 139 Å². The highest BCUT2D eigenvalue weighted by molar-refractivity contribution is 5.90. The molecule has 0 aliphatic rings. The van der Waals surface area contributed by atoms with Crippen LogP contribution in [0.2, 0.25) is 0 Å². The molecule has 2 aromatic carbocycles. The molecule has 3 aromatic rings. The first-order valence-corrected chi connectivity index (χ1v) is 9.62. The number of benzene rings is 2. The van der Waals surface area contributed by atoms with E-state index in [9.17, 15) is 14.9 Å². The Kier molecular flexibility index (Phi) is 7.21. The van der Waals surface area contributed by atoms with E-state index in [0.717, 1.165) is 0 Å². The molecule has 1 N–H and O–H groups in total. The van der Waals surface area contributed by atoms with Crippen molar-refractivity contribution in [3.05, 3.63) is 52.4 Å². The molecule has 1 aromatic heterocycles. The van der Waals surface area contributed by atoms with Crippen LogP contribution in [0.15, 0.2) is 40.9 Å². The highest BCUT2D eigenvalue weighted by atomic mass is 16.6. The second-order valence-electron chi connectivity index (χ2n) is 6.63. The number of carbonyl (C=O) groups excluding carboxylic acids is 1. The van der Waals surface area contributed by atoms with Gasteiger partial charge < -0.3 is 24.1 Å². The fraction of sp³-hybridized carbons (Fsp3) is 0.286. The summed E-state index contributed by atoms with van der Waals surface area (Å²) in [6, 6.07) is 9.19. The summed E-state index contributed by atoms with van der Waals surface area (Å²) in [5.74, 6) is 1.83. The molecule has 0 aliphatic carbocycles. The lowest BCUT2D eigenvalue weighted by Crippen LogP contribution is -2.11. The molecule has 0 saturated heterocycles. The van der Waals surface area contributed by atoms with Crippen molar-refractivity contribution < 1.29 is 28.5 Å². The van der Waals surface area contributed by atoms with Crippen molar-refractivity contribution in [3.63, 3.8) is 0 Å². The third kappa shape index (κ3) is 5.31. The zero-order valence-corrected chi connectivity index (χ0v) is 17.8. The average molecular weight is 442 g/mol. The number of rotatable bonds is 10. The Morgan fingerprint density at radius 3 is 2.47 bits per heavy atom. The van der Waals surface area contributed by atoms with Gasteiger partial charge in [-0.25, -0.2) is 0 Å². The van der Waals surface area contributed by atoms with E-state index < -0.39 is 4.92 Å². The molecule has 0 atom stereocenters. The van der Waals surface area contributed by atoms with E-state index in [1.54, 1.807) is 18.2 Å². The van der Waals surface area contributed by atoms with Crippen LogP contribution < -0.4 is 19.5 Å². The van der Waals surface area contributed by atoms with E-state index >= 15 is 0 Å². The second kappa shape index (κ2) is 10.2. The Labute approximate surface area is 183 Å². The summed E-state index contributed by atoms with van der Waals surface area (Å²) in [5.41, 5.74) is 0.901. The summed E-state index contributed by atoms with van der Waals surface area (Å²) >= 11 is 0. The maximum atomic E-state index is 12.1. The summed E-state index contributed by atoms with van der Waals surface area (Å²) in [4.78, 5) is 26.8. The molecule has 1 heterocycles. The number of anilines is 1. The lowest BCUT2D eigenvalue weighted by molar-refractivity contribution is -0.384. The standard InChI is InChI=1S/C21H22N4O7/c1-29-16-10-13(11-17(30-2)20(16)31-3)21-23-19(32-24-21)9-5-8-18(26)22-14-6-4-7-15(12-14)25(27)28/h4,6-7,10-12H,5,8-9H2,1-3H3,(H,22,26). The molecule has 0 aliphatic heterocycles. The van der Waals surface area contributed by atoms with Crippen LogP contribution in [-0.4, -0.2) is 42.3 Å². The highest BCUT2D eigenvalue weighted by Crippen LogP contribution is 2.40. The number of non-ortho nitro benzene ring substituents is 1. The van der Waals surface area contributed by atoms with Crippen molar-refractivity contribution in [3.8, 4) is 28.6 Å². The molecule has 0 fully saturated rings. The molecule has 11 nitrogen and oxygen atoms in total. The molecule has 3 rings (SSSR count). The van der Waals surface area contributed by atoms with Crippen LogP contribution >= 0.6 is 0 Å². The molecule has 168 valence electrons. The Morgan fingerprint density at radius 1 is 1.12 bits per heavy atom. The van der Waals surface area contributed by atoms with Gasteiger partial charge in [-0.3, -0.25) is 14.9 Å². The van der Waals surface area contributed by atoms with E-state index in [-0.39, 0.29) is 18.0 Å². The molecular weight excluding hydrogens is 420 g/mol. The zero-order valence-electron chi connectivity index (χ0n) is 17.8. The van der Waals surface area contributed by atoms with Gasteiger partial charge in [0.15, 0.2) is 11.5 Å². The van der Waals surface area contributed by atoms with Gasteiger partial charge in [0.2, 0.25) is 23.4 Å². The third-order valence-corrected chi connectivity index (χ3v) is 4.53. The van der Waals surface area contributed by atoms with Crippen LogP contribution in [0, 0.1) is 10.1 Å². The van der Waals surface area contributed by atoms with Gasteiger partial charge in [0.1, 0.15) is 0 Å². The van der Waals surface area contributed by atoms with E-state index in [2.05, 4.69) is 15.5 Å². The lowest BCUT2D eigenvalue weighted by Gasteiger charge is -2.12. The number of nitro groups is 1. The SMILES string of the molecule is COc1cc(-c2noc(CCCC(=O)Nc3cccc([N+](=O)[O-])c3)n2)cc(OC)c1OC. The molecule has 11 heteroatoms. The number of aryl methyl sites for hydroxylation is 1. The molecule has 1 amide bonds. The van der Waals surface area contributed by atoms with E-state index in [4.69, 9.17) is 18.7 Å². The molecule has 0 spiro atoms. The van der Waals surface area contributed by atoms with Crippen molar-refractivity contribution in [2.75, 3.05) is 26.6 Å². The van der Waals surface area contributed by atoms with Crippen LogP contribution in [0.5, 0.6) is 17.2 Å². The summed E-state index contributed by atoms with van der Waals surface area (Å²) in [7, 11) is 4.55. The van der Waals surface area contributed by atoms with E-state index in [1.807, 2.05) is 0 Å². The van der Waals surface area contributed by atoms with E-state index in [1.165, 1.54) is 39.5 Å². The Hall–Kier alpha value is -4.15. The number of aromatic nitrogens is 2. The van der Waals surface area contributed by atoms with Gasteiger partial charge in [0.25, 0.3) is 5.69 Å². The zero-order chi connectivity index (χ0) is 23.1. The first kappa shape index (κ1) is 22.5. The first-order chi connectivity index (χ1) is 15.4. The number of amides is 1. The predicted octanol–water partition coefficient (Wildman–Crippen LogP) is 3.63. The summed E-state index contributed by atoms with van der Waals surface area (Å²) < 4.78 is 21.3. The number of methoxy groups -OCH3 is 3. The Bertz CT molecular complexity index is 1090. The van der Waals surface area contributed by atoms with Gasteiger partial charge >= 0.3 is 0 Å². The van der Waals surface area contributed by atoms with E-state index in [0.29, 0.717) is 53.1 Å². The number of hydrogen-bond donors (Lipinski definition) is 1. The minimum Gasteiger partial charge on any atom is -0.493 e. The first-order valence-electron chi connectivity index (χ1n) is 9.62. The second-order valence-corrected chi connectivity index (χ2v) is 6.63. The minimum atomic E-state index is -0.517. The largest absolute Gasteiger partial charge is 0.493 e. The van der Waals surface area contributed by atoms with Crippen LogP contribution in [-0.2, 0) is 11.2 Å². The number of hydrogen-bond acceptors (Lipinski definition) is 9. The predicted molar refractivity (Wildman–Crippen MR) is 114 cm³/mol. The van der Waals surface area contributed by atoms with Gasteiger partial charge in [-0.2, -0.15) is 4.98 Å². The van der Waals surface area contributed by atoms with Crippen molar-refractivity contribution in [2.45, 2.75) is 19.3 Å². The number of nitrogens with one attached hydrogen (secondary N) is 1. The molecular formula is C21H22N4O7. The van der Waals surface area contributed by atoms with Crippen LogP contribution in [0.25, 0.3) is 11.4 Å². The normalized spacial score (nSPS) is 10.5. The molecule has 0 bridgehead atoms. The fourth-order valence-corrected chi connectivity index (χ4v) is 3.00.